The Balaban J connectivity index is 2.81. The molecule has 1 aromatic carbocycles. The molecule has 5 heteroatoms. The first-order chi connectivity index (χ1) is 13.0. The van der Waals surface area contributed by atoms with Gasteiger partial charge in [-0.3, -0.25) is 0 Å². The van der Waals surface area contributed by atoms with Gasteiger partial charge in [-0.05, 0) is 0 Å². The van der Waals surface area contributed by atoms with Crippen LogP contribution in [0.25, 0.3) is 0 Å². The molecule has 0 aromatic heterocycles. The molecule has 1 unspecified atom stereocenters. The van der Waals surface area contributed by atoms with E-state index in [2.05, 4.69) is 26.8 Å². The van der Waals surface area contributed by atoms with Crippen molar-refractivity contribution in [2.24, 2.45) is 0 Å². The normalized spacial score (nSPS) is 13.2. The van der Waals surface area contributed by atoms with Gasteiger partial charge in [-0.15, -0.1) is 0 Å². The molecule has 0 bridgehead atoms. The van der Waals surface area contributed by atoms with Crippen molar-refractivity contribution in [1.29, 1.82) is 0 Å². The van der Waals surface area contributed by atoms with E-state index in [-0.39, 0.29) is 5.69 Å². The molecular formula is C22H37NO3Sn. The van der Waals surface area contributed by atoms with Crippen LogP contribution in [-0.2, 0) is 0 Å². The molecule has 0 aliphatic carbocycles. The van der Waals surface area contributed by atoms with Gasteiger partial charge in [0.25, 0.3) is 0 Å². The molecule has 0 heterocycles. The van der Waals surface area contributed by atoms with Gasteiger partial charge in [0.05, 0.1) is 0 Å². The average molecular weight is 482 g/mol. The Bertz CT molecular complexity index is 550. The summed E-state index contributed by atoms with van der Waals surface area (Å²) in [6, 6.07) is 6.21. The van der Waals surface area contributed by atoms with E-state index >= 15 is 0 Å². The molecule has 0 fully saturated rings. The zero-order valence-corrected chi connectivity index (χ0v) is 20.2. The van der Waals surface area contributed by atoms with Crippen molar-refractivity contribution in [3.63, 3.8) is 0 Å². The number of rotatable bonds is 14. The Labute approximate surface area is 169 Å². The zero-order chi connectivity index (χ0) is 20.1. The quantitative estimate of drug-likeness (QED) is 0.134. The van der Waals surface area contributed by atoms with Crippen LogP contribution in [-0.4, -0.2) is 28.4 Å². The molecule has 0 aliphatic rings. The van der Waals surface area contributed by atoms with E-state index in [1.54, 1.807) is 12.1 Å². The van der Waals surface area contributed by atoms with Crippen LogP contribution < -0.4 is 0 Å². The molecule has 1 aromatic rings. The topological polar surface area (TPSA) is 63.4 Å². The van der Waals surface area contributed by atoms with Crippen molar-refractivity contribution < 1.29 is 10.0 Å². The van der Waals surface area contributed by atoms with Crippen molar-refractivity contribution in [2.45, 2.75) is 83.1 Å². The molecular weight excluding hydrogens is 445 g/mol. The number of hydrogen-bond acceptors (Lipinski definition) is 3. The number of aliphatic hydroxyl groups excluding tert-OH is 1. The second-order valence-electron chi connectivity index (χ2n) is 7.74. The van der Waals surface area contributed by atoms with Gasteiger partial charge < -0.3 is 0 Å². The fourth-order valence-corrected chi connectivity index (χ4v) is 18.8. The maximum atomic E-state index is 10.8. The molecule has 0 radical (unpaired) electrons. The summed E-state index contributed by atoms with van der Waals surface area (Å²) in [5, 5.41) is 21.2. The monoisotopic (exact) mass is 483 g/mol. The predicted octanol–water partition coefficient (Wildman–Crippen LogP) is 7.03. The molecule has 0 saturated heterocycles. The van der Waals surface area contributed by atoms with Gasteiger partial charge in [0.2, 0.25) is 0 Å². The minimum atomic E-state index is -2.20. The molecule has 4 nitrogen and oxygen atoms in total. The second kappa shape index (κ2) is 13.3. The number of benzene rings is 1. The van der Waals surface area contributed by atoms with Gasteiger partial charge in [-0.1, -0.05) is 0 Å². The Morgan fingerprint density at radius 2 is 1.48 bits per heavy atom. The van der Waals surface area contributed by atoms with E-state index in [1.165, 1.54) is 68.4 Å². The van der Waals surface area contributed by atoms with Crippen LogP contribution in [0.15, 0.2) is 36.4 Å². The van der Waals surface area contributed by atoms with E-state index in [4.69, 9.17) is 0 Å². The van der Waals surface area contributed by atoms with E-state index in [9.17, 15) is 15.2 Å². The fraction of sp³-hybridized carbons (Fsp3) is 0.636. The van der Waals surface area contributed by atoms with E-state index < -0.39 is 29.4 Å². The van der Waals surface area contributed by atoms with Crippen molar-refractivity contribution in [3.05, 3.63) is 52.1 Å². The Morgan fingerprint density at radius 3 is 1.89 bits per heavy atom. The van der Waals surface area contributed by atoms with Crippen molar-refractivity contribution in [2.75, 3.05) is 0 Å². The third-order valence-electron chi connectivity index (χ3n) is 5.50. The standard InChI is InChI=1S/C10H10NO3.3C4H9.Sn/c1-2-3-10(12)8-4-6-9(7-5-8)11(13)14;3*1-3-4-2;/h2-7,10,12H,1H2;3*1,3-4H2,2H3;/b3-2+;;;;. The van der Waals surface area contributed by atoms with Crippen LogP contribution >= 0.6 is 0 Å². The summed E-state index contributed by atoms with van der Waals surface area (Å²) >= 11 is -2.20. The summed E-state index contributed by atoms with van der Waals surface area (Å²) in [6.45, 7) is 6.85. The fourth-order valence-electron chi connectivity index (χ4n) is 3.69. The molecule has 27 heavy (non-hydrogen) atoms. The zero-order valence-electron chi connectivity index (χ0n) is 17.3. The summed E-state index contributed by atoms with van der Waals surface area (Å²) in [6.07, 6.45) is 11.3. The summed E-state index contributed by atoms with van der Waals surface area (Å²) < 4.78 is 5.59. The summed E-state index contributed by atoms with van der Waals surface area (Å²) in [4.78, 5) is 10.3. The number of non-ortho nitro benzene ring substituents is 1. The van der Waals surface area contributed by atoms with Gasteiger partial charge in [-0.2, -0.15) is 0 Å². The second-order valence-corrected chi connectivity index (χ2v) is 21.7. The van der Waals surface area contributed by atoms with Gasteiger partial charge in [0.1, 0.15) is 0 Å². The first kappa shape index (κ1) is 24.2. The first-order valence-electron chi connectivity index (χ1n) is 10.6. The number of nitro benzene ring substituents is 1. The predicted molar refractivity (Wildman–Crippen MR) is 117 cm³/mol. The molecule has 152 valence electrons. The van der Waals surface area contributed by atoms with Crippen LogP contribution in [0.1, 0.15) is 71.0 Å². The average Bonchev–Trinajstić information content (AvgIpc) is 2.68. The molecule has 0 amide bonds. The van der Waals surface area contributed by atoms with Crippen molar-refractivity contribution >= 4 is 24.1 Å². The molecule has 0 aliphatic heterocycles. The number of unbranched alkanes of at least 4 members (excludes halogenated alkanes) is 3. The number of nitro groups is 1. The van der Waals surface area contributed by atoms with Crippen LogP contribution in [0.2, 0.25) is 17.7 Å². The van der Waals surface area contributed by atoms with E-state index in [0.29, 0.717) is 5.56 Å². The first-order valence-corrected chi connectivity index (χ1v) is 18.6. The van der Waals surface area contributed by atoms with Crippen LogP contribution in [0, 0.1) is 10.1 Å². The van der Waals surface area contributed by atoms with Crippen LogP contribution in [0.4, 0.5) is 5.69 Å². The molecule has 0 saturated carbocycles. The van der Waals surface area contributed by atoms with Gasteiger partial charge in [0.15, 0.2) is 0 Å². The third kappa shape index (κ3) is 8.77. The Hall–Kier alpha value is -0.881. The number of nitrogens with zero attached hydrogens (tertiary/aromatic N) is 1. The Morgan fingerprint density at radius 1 is 1.00 bits per heavy atom. The molecule has 0 spiro atoms. The van der Waals surface area contributed by atoms with Gasteiger partial charge >= 0.3 is 169 Å². The maximum absolute atomic E-state index is 10.8. The number of aliphatic hydroxyl groups is 1. The Kier molecular flexibility index (Phi) is 11.9. The SMILES string of the molecule is CCC[CH2][Sn]([CH2]/C=C/C(O)c1ccc([N+](=O)[O-])cc1)([CH2]CCC)[CH2]CCC. The third-order valence-corrected chi connectivity index (χ3v) is 20.8. The van der Waals surface area contributed by atoms with Crippen LogP contribution in [0.3, 0.4) is 0 Å². The molecule has 1 atom stereocenters. The van der Waals surface area contributed by atoms with E-state index in [0.717, 1.165) is 0 Å². The van der Waals surface area contributed by atoms with Crippen molar-refractivity contribution in [3.8, 4) is 0 Å². The number of allylic oxidation sites excluding steroid dienone is 1. The van der Waals surface area contributed by atoms with Crippen molar-refractivity contribution in [1.82, 2.24) is 0 Å². The number of hydrogen-bond donors (Lipinski definition) is 1. The van der Waals surface area contributed by atoms with Gasteiger partial charge in [-0.25, -0.2) is 0 Å². The summed E-state index contributed by atoms with van der Waals surface area (Å²) in [5.74, 6) is 0. The molecule has 1 N–H and O–H groups in total. The van der Waals surface area contributed by atoms with Gasteiger partial charge in [0, 0.05) is 0 Å². The summed E-state index contributed by atoms with van der Waals surface area (Å²) in [7, 11) is 0. The summed E-state index contributed by atoms with van der Waals surface area (Å²) in [5.41, 5.74) is 0.775. The van der Waals surface area contributed by atoms with E-state index in [1.807, 2.05) is 6.08 Å². The molecule has 1 rings (SSSR count). The minimum absolute atomic E-state index is 0.0591. The van der Waals surface area contributed by atoms with Crippen LogP contribution in [0.5, 0.6) is 0 Å².